The second-order valence-corrected chi connectivity index (χ2v) is 8.70. The number of carbonyl (C=O) groups excluding carboxylic acids is 1. The monoisotopic (exact) mass is 456 g/mol. The number of aromatic nitrogens is 1. The molecular formula is C22H20N2O5S2. The van der Waals surface area contributed by atoms with E-state index in [-0.39, 0.29) is 17.9 Å². The molecule has 3 aromatic rings. The van der Waals surface area contributed by atoms with Crippen LogP contribution in [0.5, 0.6) is 11.5 Å². The number of methoxy groups -OCH3 is 1. The first-order valence-electron chi connectivity index (χ1n) is 9.55. The maximum atomic E-state index is 13.4. The van der Waals surface area contributed by atoms with Gasteiger partial charge in [0.15, 0.2) is 16.3 Å². The van der Waals surface area contributed by atoms with Crippen molar-refractivity contribution < 1.29 is 19.4 Å². The van der Waals surface area contributed by atoms with Crippen LogP contribution in [0.4, 0.5) is 0 Å². The summed E-state index contributed by atoms with van der Waals surface area (Å²) in [4.78, 5) is 32.0. The van der Waals surface area contributed by atoms with Crippen molar-refractivity contribution in [1.29, 1.82) is 0 Å². The molecule has 9 heteroatoms. The summed E-state index contributed by atoms with van der Waals surface area (Å²) < 4.78 is 12.3. The molecule has 31 heavy (non-hydrogen) atoms. The van der Waals surface area contributed by atoms with Gasteiger partial charge < -0.3 is 14.6 Å². The second kappa shape index (κ2) is 8.52. The molecule has 2 aromatic heterocycles. The van der Waals surface area contributed by atoms with Crippen molar-refractivity contribution in [2.75, 3.05) is 13.7 Å². The van der Waals surface area contributed by atoms with Crippen molar-refractivity contribution in [3.63, 3.8) is 0 Å². The van der Waals surface area contributed by atoms with Crippen molar-refractivity contribution in [2.24, 2.45) is 4.99 Å². The van der Waals surface area contributed by atoms with Crippen molar-refractivity contribution in [3.8, 4) is 11.5 Å². The number of ether oxygens (including phenoxy) is 2. The van der Waals surface area contributed by atoms with Crippen molar-refractivity contribution in [2.45, 2.75) is 19.9 Å². The number of para-hydroxylation sites is 1. The number of aromatic hydroxyl groups is 1. The number of carbonyl (C=O) groups is 1. The van der Waals surface area contributed by atoms with Gasteiger partial charge in [-0.05, 0) is 37.4 Å². The number of phenols is 1. The van der Waals surface area contributed by atoms with Crippen LogP contribution in [-0.4, -0.2) is 29.4 Å². The highest BCUT2D eigenvalue weighted by Crippen LogP contribution is 2.33. The first-order chi connectivity index (χ1) is 15.0. The van der Waals surface area contributed by atoms with Crippen LogP contribution in [0.15, 0.2) is 56.8 Å². The summed E-state index contributed by atoms with van der Waals surface area (Å²) in [7, 11) is 1.47. The van der Waals surface area contributed by atoms with E-state index in [4.69, 9.17) is 9.47 Å². The predicted octanol–water partition coefficient (Wildman–Crippen LogP) is 2.57. The molecule has 0 aliphatic carbocycles. The average Bonchev–Trinajstić information content (AvgIpc) is 3.37. The minimum atomic E-state index is -0.614. The van der Waals surface area contributed by atoms with Gasteiger partial charge in [-0.25, -0.2) is 9.79 Å². The number of allylic oxidation sites excluding steroid dienone is 1. The Bertz CT molecular complexity index is 1350. The maximum Gasteiger partial charge on any atom is 0.338 e. The van der Waals surface area contributed by atoms with E-state index in [0.29, 0.717) is 31.9 Å². The van der Waals surface area contributed by atoms with Crippen molar-refractivity contribution in [1.82, 2.24) is 4.57 Å². The van der Waals surface area contributed by atoms with E-state index in [9.17, 15) is 14.7 Å². The van der Waals surface area contributed by atoms with Gasteiger partial charge in [0.2, 0.25) is 0 Å². The Morgan fingerprint density at radius 2 is 2.13 bits per heavy atom. The number of hydrogen-bond acceptors (Lipinski definition) is 8. The highest BCUT2D eigenvalue weighted by atomic mass is 32.1. The molecule has 1 aliphatic rings. The fourth-order valence-electron chi connectivity index (χ4n) is 3.47. The normalized spacial score (nSPS) is 16.1. The zero-order valence-corrected chi connectivity index (χ0v) is 18.8. The molecule has 160 valence electrons. The van der Waals surface area contributed by atoms with Gasteiger partial charge in [0.1, 0.15) is 6.04 Å². The summed E-state index contributed by atoms with van der Waals surface area (Å²) in [6, 6.07) is 8.22. The molecule has 7 nitrogen and oxygen atoms in total. The molecule has 0 amide bonds. The lowest BCUT2D eigenvalue weighted by atomic mass is 10.0. The minimum absolute atomic E-state index is 0.0472. The minimum Gasteiger partial charge on any atom is -0.504 e. The maximum absolute atomic E-state index is 13.4. The Kier molecular flexibility index (Phi) is 5.79. The molecule has 0 radical (unpaired) electrons. The SMILES string of the molecule is CCOC(=O)C1=C(C)N=c2sc(=Cc3cccc(OC)c3O)c(=O)n2C1c1cccs1. The lowest BCUT2D eigenvalue weighted by molar-refractivity contribution is -0.139. The van der Waals surface area contributed by atoms with E-state index in [1.165, 1.54) is 34.4 Å². The van der Waals surface area contributed by atoms with Crippen LogP contribution in [0.1, 0.15) is 30.3 Å². The van der Waals surface area contributed by atoms with Gasteiger partial charge >= 0.3 is 5.97 Å². The van der Waals surface area contributed by atoms with E-state index < -0.39 is 12.0 Å². The van der Waals surface area contributed by atoms with Gasteiger partial charge in [0, 0.05) is 10.4 Å². The third-order valence-corrected chi connectivity index (χ3v) is 6.77. The molecule has 1 aliphatic heterocycles. The number of benzene rings is 1. The lowest BCUT2D eigenvalue weighted by Gasteiger charge is -2.23. The van der Waals surface area contributed by atoms with Crippen LogP contribution in [-0.2, 0) is 9.53 Å². The standard InChI is InChI=1S/C22H20N2O5S2/c1-4-29-21(27)17-12(2)23-22-24(18(17)15-9-6-10-30-15)20(26)16(31-22)11-13-7-5-8-14(28-3)19(13)25/h5-11,18,25H,4H2,1-3H3. The van der Waals surface area contributed by atoms with Crippen LogP contribution < -0.4 is 19.6 Å². The topological polar surface area (TPSA) is 90.1 Å². The number of fused-ring (bicyclic) bond motifs is 1. The number of rotatable bonds is 5. The van der Waals surface area contributed by atoms with Gasteiger partial charge in [-0.1, -0.05) is 29.5 Å². The molecule has 1 N–H and O–H groups in total. The first-order valence-corrected chi connectivity index (χ1v) is 11.2. The zero-order chi connectivity index (χ0) is 22.1. The molecule has 0 saturated carbocycles. The Balaban J connectivity index is 1.95. The molecule has 0 bridgehead atoms. The smallest absolute Gasteiger partial charge is 0.338 e. The molecule has 1 atom stereocenters. The largest absolute Gasteiger partial charge is 0.504 e. The molecule has 0 fully saturated rings. The first kappa shape index (κ1) is 21.1. The molecule has 0 saturated heterocycles. The molecule has 0 spiro atoms. The van der Waals surface area contributed by atoms with Gasteiger partial charge in [-0.3, -0.25) is 9.36 Å². The number of esters is 1. The number of nitrogens with zero attached hydrogens (tertiary/aromatic N) is 2. The molecule has 1 unspecified atom stereocenters. The van der Waals surface area contributed by atoms with E-state index in [1.54, 1.807) is 38.1 Å². The highest BCUT2D eigenvalue weighted by Gasteiger charge is 2.33. The van der Waals surface area contributed by atoms with Gasteiger partial charge in [0.05, 0.1) is 29.5 Å². The highest BCUT2D eigenvalue weighted by molar-refractivity contribution is 7.10. The third-order valence-electron chi connectivity index (χ3n) is 4.87. The Labute approximate surface area is 185 Å². The van der Waals surface area contributed by atoms with E-state index >= 15 is 0 Å². The summed E-state index contributed by atoms with van der Waals surface area (Å²) in [6.45, 7) is 3.72. The van der Waals surface area contributed by atoms with E-state index in [1.807, 2.05) is 17.5 Å². The number of thiazole rings is 1. The lowest BCUT2D eigenvalue weighted by Crippen LogP contribution is -2.39. The van der Waals surface area contributed by atoms with Crippen molar-refractivity contribution >= 4 is 34.7 Å². The zero-order valence-electron chi connectivity index (χ0n) is 17.1. The Hall–Kier alpha value is -3.17. The van der Waals surface area contributed by atoms with Gasteiger partial charge in [0.25, 0.3) is 5.56 Å². The van der Waals surface area contributed by atoms with E-state index in [0.717, 1.165) is 4.88 Å². The fraction of sp³-hybridized carbons (Fsp3) is 0.227. The molecular weight excluding hydrogens is 436 g/mol. The van der Waals surface area contributed by atoms with Crippen LogP contribution in [0.2, 0.25) is 0 Å². The van der Waals surface area contributed by atoms with Gasteiger partial charge in [-0.15, -0.1) is 11.3 Å². The summed E-state index contributed by atoms with van der Waals surface area (Å²) in [5.41, 5.74) is 1.04. The van der Waals surface area contributed by atoms with Crippen LogP contribution in [0, 0.1) is 0 Å². The quantitative estimate of drug-likeness (QED) is 0.596. The number of hydrogen-bond donors (Lipinski definition) is 1. The average molecular weight is 457 g/mol. The summed E-state index contributed by atoms with van der Waals surface area (Å²) in [5, 5.41) is 12.3. The van der Waals surface area contributed by atoms with Crippen LogP contribution in [0.25, 0.3) is 6.08 Å². The number of thiophene rings is 1. The Morgan fingerprint density at radius 1 is 1.32 bits per heavy atom. The summed E-state index contributed by atoms with van der Waals surface area (Å²) in [5.74, 6) is -0.214. The Morgan fingerprint density at radius 3 is 2.81 bits per heavy atom. The predicted molar refractivity (Wildman–Crippen MR) is 119 cm³/mol. The summed E-state index contributed by atoms with van der Waals surface area (Å²) >= 11 is 2.66. The molecule has 4 rings (SSSR count). The fourth-order valence-corrected chi connectivity index (χ4v) is 5.33. The van der Waals surface area contributed by atoms with Crippen molar-refractivity contribution in [3.05, 3.63) is 77.1 Å². The van der Waals surface area contributed by atoms with Crippen LogP contribution in [0.3, 0.4) is 0 Å². The molecule has 3 heterocycles. The number of phenolic OH excluding ortho intramolecular Hbond substituents is 1. The summed E-state index contributed by atoms with van der Waals surface area (Å²) in [6.07, 6.45) is 1.61. The third kappa shape index (κ3) is 3.70. The molecule has 1 aromatic carbocycles. The van der Waals surface area contributed by atoms with Gasteiger partial charge in [-0.2, -0.15) is 0 Å². The second-order valence-electron chi connectivity index (χ2n) is 6.72. The van der Waals surface area contributed by atoms with E-state index in [2.05, 4.69) is 4.99 Å². The van der Waals surface area contributed by atoms with Crippen LogP contribution >= 0.6 is 22.7 Å².